The second kappa shape index (κ2) is 7.71. The number of rotatable bonds is 5. The van der Waals surface area contributed by atoms with Crippen molar-refractivity contribution in [1.82, 2.24) is 0 Å². The van der Waals surface area contributed by atoms with Gasteiger partial charge >= 0.3 is 0 Å². The summed E-state index contributed by atoms with van der Waals surface area (Å²) in [6.45, 7) is 0. The first-order valence-electron chi connectivity index (χ1n) is 5.82. The molecule has 1 nitrogen and oxygen atoms in total. The second-order valence-electron chi connectivity index (χ2n) is 3.95. The lowest BCUT2D eigenvalue weighted by molar-refractivity contribution is 1.41. The van der Waals surface area contributed by atoms with Crippen LogP contribution in [0.4, 0.5) is 5.69 Å². The number of hydrogen-bond acceptors (Lipinski definition) is 3. The fourth-order valence-corrected chi connectivity index (χ4v) is 4.16. The molecule has 2 N–H and O–H groups in total. The fourth-order valence-electron chi connectivity index (χ4n) is 1.50. The zero-order valence-electron chi connectivity index (χ0n) is 10.4. The van der Waals surface area contributed by atoms with Crippen LogP contribution in [0.2, 0.25) is 15.1 Å². The number of nitrogens with two attached hydrogens (primary N) is 1. The summed E-state index contributed by atoms with van der Waals surface area (Å²) in [5, 5.41) is 2.04. The third-order valence-corrected chi connectivity index (χ3v) is 5.79. The molecule has 0 saturated carbocycles. The van der Waals surface area contributed by atoms with Crippen LogP contribution in [-0.4, -0.2) is 11.5 Å². The number of thioether (sulfide) groups is 2. The smallest absolute Gasteiger partial charge is 0.0646 e. The SMILES string of the molecule is Nc1ccc(SCCSc2cc(Cl)ccc2Cl)cc1Cl. The third-order valence-electron chi connectivity index (χ3n) is 2.47. The van der Waals surface area contributed by atoms with E-state index in [-0.39, 0.29) is 0 Å². The molecule has 2 rings (SSSR count). The van der Waals surface area contributed by atoms with Gasteiger partial charge < -0.3 is 5.73 Å². The standard InChI is InChI=1S/C14H12Cl3NS2/c15-9-1-3-11(16)14(7-9)20-6-5-19-10-2-4-13(18)12(17)8-10/h1-4,7-8H,5-6,18H2. The van der Waals surface area contributed by atoms with E-state index in [0.717, 1.165) is 26.3 Å². The first-order chi connectivity index (χ1) is 9.56. The largest absolute Gasteiger partial charge is 0.398 e. The van der Waals surface area contributed by atoms with Gasteiger partial charge in [-0.2, -0.15) is 0 Å². The predicted molar refractivity (Wildman–Crippen MR) is 93.8 cm³/mol. The molecule has 0 amide bonds. The Morgan fingerprint density at radius 2 is 1.60 bits per heavy atom. The molecular formula is C14H12Cl3NS2. The van der Waals surface area contributed by atoms with Crippen LogP contribution in [-0.2, 0) is 0 Å². The van der Waals surface area contributed by atoms with Crippen LogP contribution < -0.4 is 5.73 Å². The first-order valence-corrected chi connectivity index (χ1v) is 8.92. The molecular weight excluding hydrogens is 353 g/mol. The van der Waals surface area contributed by atoms with Gasteiger partial charge in [-0.3, -0.25) is 0 Å². The normalized spacial score (nSPS) is 10.8. The van der Waals surface area contributed by atoms with E-state index in [1.165, 1.54) is 0 Å². The Bertz CT molecular complexity index is 605. The molecule has 0 aliphatic rings. The molecule has 0 aliphatic carbocycles. The molecule has 20 heavy (non-hydrogen) atoms. The highest BCUT2D eigenvalue weighted by Crippen LogP contribution is 2.32. The highest BCUT2D eigenvalue weighted by molar-refractivity contribution is 8.03. The molecule has 0 saturated heterocycles. The average molecular weight is 365 g/mol. The van der Waals surface area contributed by atoms with E-state index in [1.54, 1.807) is 29.6 Å². The molecule has 0 aromatic heterocycles. The van der Waals surface area contributed by atoms with E-state index >= 15 is 0 Å². The van der Waals surface area contributed by atoms with E-state index in [2.05, 4.69) is 0 Å². The van der Waals surface area contributed by atoms with E-state index in [1.807, 2.05) is 30.3 Å². The lowest BCUT2D eigenvalue weighted by Crippen LogP contribution is -1.88. The Hall–Kier alpha value is -0.190. The van der Waals surface area contributed by atoms with Crippen LogP contribution in [0.1, 0.15) is 0 Å². The van der Waals surface area contributed by atoms with Gasteiger partial charge in [0.05, 0.1) is 15.7 Å². The maximum absolute atomic E-state index is 6.11. The van der Waals surface area contributed by atoms with Gasteiger partial charge in [0.15, 0.2) is 0 Å². The predicted octanol–water partition coefficient (Wildman–Crippen LogP) is 6.11. The summed E-state index contributed by atoms with van der Waals surface area (Å²) in [6.07, 6.45) is 0. The fraction of sp³-hybridized carbons (Fsp3) is 0.143. The van der Waals surface area contributed by atoms with Crippen LogP contribution in [0, 0.1) is 0 Å². The van der Waals surface area contributed by atoms with E-state index in [9.17, 15) is 0 Å². The van der Waals surface area contributed by atoms with Crippen molar-refractivity contribution in [3.63, 3.8) is 0 Å². The van der Waals surface area contributed by atoms with Crippen LogP contribution in [0.25, 0.3) is 0 Å². The maximum atomic E-state index is 6.11. The number of benzene rings is 2. The first kappa shape index (κ1) is 16.2. The van der Waals surface area contributed by atoms with Gasteiger partial charge in [-0.25, -0.2) is 0 Å². The number of anilines is 1. The molecule has 0 atom stereocenters. The summed E-state index contributed by atoms with van der Waals surface area (Å²) in [6, 6.07) is 11.2. The van der Waals surface area contributed by atoms with Crippen molar-refractivity contribution in [3.8, 4) is 0 Å². The number of halogens is 3. The van der Waals surface area contributed by atoms with Crippen LogP contribution in [0.5, 0.6) is 0 Å². The molecule has 0 unspecified atom stereocenters. The molecule has 106 valence electrons. The molecule has 0 bridgehead atoms. The molecule has 2 aromatic carbocycles. The molecule has 0 radical (unpaired) electrons. The van der Waals surface area contributed by atoms with Gasteiger partial charge in [-0.05, 0) is 36.4 Å². The minimum atomic E-state index is 0.598. The Labute approximate surface area is 142 Å². The van der Waals surface area contributed by atoms with Crippen molar-refractivity contribution >= 4 is 64.0 Å². The summed E-state index contributed by atoms with van der Waals surface area (Å²) >= 11 is 21.5. The molecule has 0 fully saturated rings. The molecule has 0 spiro atoms. The van der Waals surface area contributed by atoms with Gasteiger partial charge in [0.25, 0.3) is 0 Å². The quantitative estimate of drug-likeness (QED) is 0.393. The summed E-state index contributed by atoms with van der Waals surface area (Å²) < 4.78 is 0. The topological polar surface area (TPSA) is 26.0 Å². The zero-order chi connectivity index (χ0) is 14.5. The van der Waals surface area contributed by atoms with Crippen molar-refractivity contribution in [2.24, 2.45) is 0 Å². The van der Waals surface area contributed by atoms with Gasteiger partial charge in [0.1, 0.15) is 0 Å². The van der Waals surface area contributed by atoms with Crippen LogP contribution in [0.3, 0.4) is 0 Å². The zero-order valence-corrected chi connectivity index (χ0v) is 14.3. The van der Waals surface area contributed by atoms with Crippen molar-refractivity contribution in [1.29, 1.82) is 0 Å². The molecule has 0 aliphatic heterocycles. The summed E-state index contributed by atoms with van der Waals surface area (Å²) in [7, 11) is 0. The van der Waals surface area contributed by atoms with Crippen molar-refractivity contribution in [3.05, 3.63) is 51.5 Å². The van der Waals surface area contributed by atoms with Gasteiger partial charge in [-0.1, -0.05) is 34.8 Å². The lowest BCUT2D eigenvalue weighted by Gasteiger charge is -2.06. The summed E-state index contributed by atoms with van der Waals surface area (Å²) in [4.78, 5) is 2.12. The highest BCUT2D eigenvalue weighted by Gasteiger charge is 2.03. The molecule has 2 aromatic rings. The lowest BCUT2D eigenvalue weighted by atomic mass is 10.3. The Morgan fingerprint density at radius 3 is 2.35 bits per heavy atom. The minimum Gasteiger partial charge on any atom is -0.398 e. The monoisotopic (exact) mass is 363 g/mol. The number of hydrogen-bond donors (Lipinski definition) is 1. The van der Waals surface area contributed by atoms with E-state index in [4.69, 9.17) is 40.5 Å². The van der Waals surface area contributed by atoms with Crippen LogP contribution in [0.15, 0.2) is 46.2 Å². The van der Waals surface area contributed by atoms with E-state index < -0.39 is 0 Å². The Balaban J connectivity index is 1.84. The highest BCUT2D eigenvalue weighted by atomic mass is 35.5. The van der Waals surface area contributed by atoms with Gasteiger partial charge in [-0.15, -0.1) is 23.5 Å². The average Bonchev–Trinajstić information content (AvgIpc) is 2.42. The van der Waals surface area contributed by atoms with Gasteiger partial charge in [0.2, 0.25) is 0 Å². The number of nitrogen functional groups attached to an aromatic ring is 1. The van der Waals surface area contributed by atoms with Crippen LogP contribution >= 0.6 is 58.3 Å². The molecule has 6 heteroatoms. The van der Waals surface area contributed by atoms with Crippen molar-refractivity contribution in [2.75, 3.05) is 17.2 Å². The summed E-state index contributed by atoms with van der Waals surface area (Å²) in [5.41, 5.74) is 6.29. The Morgan fingerprint density at radius 1 is 0.850 bits per heavy atom. The van der Waals surface area contributed by atoms with Crippen molar-refractivity contribution < 1.29 is 0 Å². The second-order valence-corrected chi connectivity index (χ2v) is 7.51. The summed E-state index contributed by atoms with van der Waals surface area (Å²) in [5.74, 6) is 1.89. The van der Waals surface area contributed by atoms with Crippen molar-refractivity contribution in [2.45, 2.75) is 9.79 Å². The van der Waals surface area contributed by atoms with E-state index in [0.29, 0.717) is 15.7 Å². The van der Waals surface area contributed by atoms with Gasteiger partial charge in [0, 0.05) is 26.3 Å². The Kier molecular flexibility index (Phi) is 6.24. The maximum Gasteiger partial charge on any atom is 0.0646 e. The molecule has 0 heterocycles. The third kappa shape index (κ3) is 4.68. The minimum absolute atomic E-state index is 0.598.